The van der Waals surface area contributed by atoms with Crippen molar-refractivity contribution in [2.75, 3.05) is 26.2 Å². The number of aryl methyl sites for hydroxylation is 1. The van der Waals surface area contributed by atoms with Crippen LogP contribution in [0.3, 0.4) is 0 Å². The Hall–Kier alpha value is -5.27. The summed E-state index contributed by atoms with van der Waals surface area (Å²) in [5.74, 6) is 1.63. The van der Waals surface area contributed by atoms with Gasteiger partial charge in [-0.05, 0) is 63.3 Å². The normalized spacial score (nSPS) is 15.4. The molecule has 3 N–H and O–H groups in total. The molecule has 0 radical (unpaired) electrons. The Morgan fingerprint density at radius 1 is 0.826 bits per heavy atom. The largest absolute Gasteiger partial charge is 0.496 e. The van der Waals surface area contributed by atoms with E-state index in [2.05, 4.69) is 54.6 Å². The zero-order valence-corrected chi connectivity index (χ0v) is 26.2. The number of methoxy groups -OCH3 is 3. The summed E-state index contributed by atoms with van der Waals surface area (Å²) in [6.07, 6.45) is 6.16. The molecule has 46 heavy (non-hydrogen) atoms. The average Bonchev–Trinajstić information content (AvgIpc) is 3.09. The fraction of sp³-hybridized carbons (Fsp3) is 0.205. The van der Waals surface area contributed by atoms with E-state index >= 15 is 0 Å². The van der Waals surface area contributed by atoms with Crippen LogP contribution in [0.1, 0.15) is 29.5 Å². The topological polar surface area (TPSA) is 94.2 Å². The van der Waals surface area contributed by atoms with Gasteiger partial charge in [0.15, 0.2) is 0 Å². The van der Waals surface area contributed by atoms with Gasteiger partial charge in [0.25, 0.3) is 0 Å². The average molecular weight is 613 g/mol. The highest BCUT2D eigenvalue weighted by Gasteiger charge is 2.28. The quantitative estimate of drug-likeness (QED) is 0.196. The Labute approximate surface area is 268 Å². The summed E-state index contributed by atoms with van der Waals surface area (Å²) in [6.45, 7) is 0.110. The Bertz CT molecular complexity index is 2050. The molecule has 0 saturated carbocycles. The van der Waals surface area contributed by atoms with Gasteiger partial charge in [-0.15, -0.1) is 0 Å². The molecule has 7 nitrogen and oxygen atoms in total. The van der Waals surface area contributed by atoms with Gasteiger partial charge < -0.3 is 25.1 Å². The summed E-state index contributed by atoms with van der Waals surface area (Å²) in [5, 5.41) is 14.8. The molecule has 0 fully saturated rings. The van der Waals surface area contributed by atoms with Gasteiger partial charge in [-0.2, -0.15) is 0 Å². The first-order chi connectivity index (χ1) is 22.4. The maximum Gasteiger partial charge on any atom is 0.319 e. The zero-order valence-electron chi connectivity index (χ0n) is 26.2. The third-order valence-corrected chi connectivity index (χ3v) is 9.36. The highest BCUT2D eigenvalue weighted by atomic mass is 16.5. The van der Waals surface area contributed by atoms with Gasteiger partial charge in [-0.25, -0.2) is 4.79 Å². The van der Waals surface area contributed by atoms with Crippen molar-refractivity contribution in [2.45, 2.75) is 31.9 Å². The number of fused-ring (bicyclic) bond motifs is 5. The highest BCUT2D eigenvalue weighted by Crippen LogP contribution is 2.46. The molecule has 0 bridgehead atoms. The second-order valence-corrected chi connectivity index (χ2v) is 11.7. The lowest BCUT2D eigenvalue weighted by molar-refractivity contribution is 0.209. The minimum atomic E-state index is -0.600. The molecule has 5 aromatic carbocycles. The van der Waals surface area contributed by atoms with Crippen LogP contribution in [0.5, 0.6) is 17.2 Å². The number of carbonyl (C=O) groups is 1. The first-order valence-corrected chi connectivity index (χ1v) is 15.4. The van der Waals surface area contributed by atoms with Gasteiger partial charge in [0, 0.05) is 23.1 Å². The summed E-state index contributed by atoms with van der Waals surface area (Å²) < 4.78 is 16.9. The fourth-order valence-corrected chi connectivity index (χ4v) is 7.17. The molecule has 0 heterocycles. The van der Waals surface area contributed by atoms with Crippen molar-refractivity contribution in [2.24, 2.45) is 5.73 Å². The third kappa shape index (κ3) is 4.84. The number of hydrogen-bond acceptors (Lipinski definition) is 5. The summed E-state index contributed by atoms with van der Waals surface area (Å²) in [7, 11) is 4.74. The second-order valence-electron chi connectivity index (χ2n) is 11.7. The van der Waals surface area contributed by atoms with Crippen LogP contribution >= 0.6 is 0 Å². The summed E-state index contributed by atoms with van der Waals surface area (Å²) in [5.41, 5.74) is 14.2. The SMILES string of the molecule is COc1cc(OC)c(CN(C(N)=O)c2c(-c3cccc4c5c(ccc34)C3=C(CC5)C(O)CC=C3)ccc3ccccc23)c(OC)c1. The molecular formula is C39H36N2O5. The van der Waals surface area contributed by atoms with Gasteiger partial charge in [0.05, 0.1) is 45.2 Å². The minimum Gasteiger partial charge on any atom is -0.496 e. The van der Waals surface area contributed by atoms with Crippen molar-refractivity contribution in [3.63, 3.8) is 0 Å². The van der Waals surface area contributed by atoms with Crippen molar-refractivity contribution in [3.8, 4) is 28.4 Å². The number of anilines is 1. The van der Waals surface area contributed by atoms with Crippen LogP contribution in [-0.4, -0.2) is 38.6 Å². The molecule has 2 aliphatic carbocycles. The van der Waals surface area contributed by atoms with Gasteiger partial charge in [0.1, 0.15) is 17.2 Å². The number of urea groups is 1. The smallest absolute Gasteiger partial charge is 0.319 e. The van der Waals surface area contributed by atoms with Crippen LogP contribution in [0.15, 0.2) is 96.6 Å². The zero-order chi connectivity index (χ0) is 31.9. The third-order valence-electron chi connectivity index (χ3n) is 9.36. The lowest BCUT2D eigenvalue weighted by atomic mass is 9.78. The van der Waals surface area contributed by atoms with E-state index in [0.29, 0.717) is 34.9 Å². The molecule has 0 saturated heterocycles. The number of amides is 2. The van der Waals surface area contributed by atoms with Crippen LogP contribution in [-0.2, 0) is 13.0 Å². The Kier molecular flexibility index (Phi) is 7.62. The second kappa shape index (κ2) is 11.9. The number of nitrogens with two attached hydrogens (primary N) is 1. The van der Waals surface area contributed by atoms with Crippen LogP contribution in [0.2, 0.25) is 0 Å². The summed E-state index contributed by atoms with van der Waals surface area (Å²) >= 11 is 0. The van der Waals surface area contributed by atoms with E-state index in [1.54, 1.807) is 38.4 Å². The number of aliphatic hydroxyl groups is 1. The number of nitrogens with zero attached hydrogens (tertiary/aromatic N) is 1. The van der Waals surface area contributed by atoms with E-state index in [9.17, 15) is 9.90 Å². The summed E-state index contributed by atoms with van der Waals surface area (Å²) in [4.78, 5) is 15.1. The van der Waals surface area contributed by atoms with Crippen molar-refractivity contribution < 1.29 is 24.1 Å². The molecule has 5 aromatic rings. The first-order valence-electron chi connectivity index (χ1n) is 15.4. The number of carbonyl (C=O) groups excluding carboxylic acids is 1. The number of rotatable bonds is 7. The molecule has 7 heteroatoms. The lowest BCUT2D eigenvalue weighted by Gasteiger charge is -2.29. The molecule has 0 spiro atoms. The Balaban J connectivity index is 1.45. The molecule has 1 unspecified atom stereocenters. The number of primary amides is 1. The maximum atomic E-state index is 13.5. The van der Waals surface area contributed by atoms with Crippen LogP contribution in [0.25, 0.3) is 38.2 Å². The van der Waals surface area contributed by atoms with E-state index in [0.717, 1.165) is 51.3 Å². The molecule has 0 aliphatic heterocycles. The van der Waals surface area contributed by atoms with E-state index in [1.807, 2.05) is 24.3 Å². The first kappa shape index (κ1) is 29.4. The number of allylic oxidation sites excluding steroid dienone is 2. The fourth-order valence-electron chi connectivity index (χ4n) is 7.17. The maximum absolute atomic E-state index is 13.5. The highest BCUT2D eigenvalue weighted by molar-refractivity contribution is 6.12. The molecule has 2 aliphatic rings. The van der Waals surface area contributed by atoms with Gasteiger partial charge in [-0.3, -0.25) is 4.90 Å². The molecule has 232 valence electrons. The number of hydrogen-bond donors (Lipinski definition) is 2. The van der Waals surface area contributed by atoms with Gasteiger partial charge in [-0.1, -0.05) is 78.9 Å². The molecular weight excluding hydrogens is 576 g/mol. The standard InChI is InChI=1S/C39H36N2O5/c1-44-24-20-36(45-2)34(37(21-24)46-3)22-41(39(40)43)38-25-9-5-4-8-23(25)14-15-33(38)28-11-6-10-26-29(28)16-17-31-27-12-7-13-35(42)32(27)19-18-30(26)31/h4-12,14-17,20-21,35,42H,13,18-19,22H2,1-3H3,(H2,40,43). The number of aliphatic hydroxyl groups excluding tert-OH is 1. The molecule has 2 amide bonds. The van der Waals surface area contributed by atoms with Gasteiger partial charge in [0.2, 0.25) is 0 Å². The molecule has 1 atom stereocenters. The van der Waals surface area contributed by atoms with E-state index in [1.165, 1.54) is 16.5 Å². The number of benzene rings is 5. The number of ether oxygens (including phenoxy) is 3. The van der Waals surface area contributed by atoms with E-state index in [4.69, 9.17) is 19.9 Å². The minimum absolute atomic E-state index is 0.110. The van der Waals surface area contributed by atoms with Crippen LogP contribution in [0, 0.1) is 0 Å². The van der Waals surface area contributed by atoms with Crippen molar-refractivity contribution in [1.29, 1.82) is 0 Å². The predicted molar refractivity (Wildman–Crippen MR) is 184 cm³/mol. The summed E-state index contributed by atoms with van der Waals surface area (Å²) in [6, 6.07) is 25.8. The predicted octanol–water partition coefficient (Wildman–Crippen LogP) is 7.79. The lowest BCUT2D eigenvalue weighted by Crippen LogP contribution is -2.36. The van der Waals surface area contributed by atoms with Crippen LogP contribution in [0.4, 0.5) is 10.5 Å². The molecule has 0 aromatic heterocycles. The van der Waals surface area contributed by atoms with Crippen LogP contribution < -0.4 is 24.8 Å². The van der Waals surface area contributed by atoms with Crippen molar-refractivity contribution in [3.05, 3.63) is 113 Å². The van der Waals surface area contributed by atoms with Crippen molar-refractivity contribution in [1.82, 2.24) is 0 Å². The van der Waals surface area contributed by atoms with Crippen molar-refractivity contribution >= 4 is 38.8 Å². The Morgan fingerprint density at radius 2 is 1.57 bits per heavy atom. The van der Waals surface area contributed by atoms with E-state index < -0.39 is 12.1 Å². The van der Waals surface area contributed by atoms with Gasteiger partial charge >= 0.3 is 6.03 Å². The Morgan fingerprint density at radius 3 is 2.30 bits per heavy atom. The molecule has 7 rings (SSSR count). The monoisotopic (exact) mass is 612 g/mol. The van der Waals surface area contributed by atoms with E-state index in [-0.39, 0.29) is 6.54 Å².